The van der Waals surface area contributed by atoms with E-state index in [2.05, 4.69) is 10.6 Å². The topological polar surface area (TPSA) is 84.2 Å². The van der Waals surface area contributed by atoms with Gasteiger partial charge in [-0.2, -0.15) is 0 Å². The molecule has 4 N–H and O–H groups in total. The van der Waals surface area contributed by atoms with Crippen molar-refractivity contribution in [3.63, 3.8) is 0 Å². The van der Waals surface area contributed by atoms with Gasteiger partial charge in [0.2, 0.25) is 5.91 Å². The van der Waals surface area contributed by atoms with Gasteiger partial charge in [-0.15, -0.1) is 0 Å². The molecule has 5 nitrogen and oxygen atoms in total. The monoisotopic (exact) mass is 215 g/mol. The van der Waals surface area contributed by atoms with E-state index >= 15 is 0 Å². The largest absolute Gasteiger partial charge is 0.345 e. The van der Waals surface area contributed by atoms with Crippen LogP contribution < -0.4 is 16.4 Å². The molecule has 0 saturated carbocycles. The highest BCUT2D eigenvalue weighted by Gasteiger charge is 2.15. The zero-order chi connectivity index (χ0) is 11.7. The van der Waals surface area contributed by atoms with Gasteiger partial charge in [0.05, 0.1) is 12.6 Å². The van der Waals surface area contributed by atoms with E-state index in [1.807, 2.05) is 7.05 Å². The van der Waals surface area contributed by atoms with Crippen molar-refractivity contribution >= 4 is 11.7 Å². The summed E-state index contributed by atoms with van der Waals surface area (Å²) in [5, 5.41) is 5.64. The lowest BCUT2D eigenvalue weighted by Crippen LogP contribution is -2.42. The molecule has 0 aromatic carbocycles. The molecule has 1 unspecified atom stereocenters. The van der Waals surface area contributed by atoms with E-state index in [1.165, 1.54) is 6.92 Å². The molecule has 0 aromatic heterocycles. The molecule has 5 heteroatoms. The Balaban J connectivity index is 3.84. The van der Waals surface area contributed by atoms with Crippen molar-refractivity contribution in [2.45, 2.75) is 32.2 Å². The van der Waals surface area contributed by atoms with Gasteiger partial charge < -0.3 is 16.4 Å². The number of rotatable bonds is 8. The molecular formula is C10H21N3O2. The van der Waals surface area contributed by atoms with E-state index in [1.54, 1.807) is 0 Å². The van der Waals surface area contributed by atoms with E-state index in [9.17, 15) is 9.59 Å². The van der Waals surface area contributed by atoms with Gasteiger partial charge in [0.1, 0.15) is 0 Å². The number of carbonyl (C=O) groups excluding carboxylic acids is 2. The van der Waals surface area contributed by atoms with Gasteiger partial charge in [-0.1, -0.05) is 0 Å². The number of nitrogens with one attached hydrogen (secondary N) is 2. The van der Waals surface area contributed by atoms with Crippen LogP contribution in [0, 0.1) is 0 Å². The molecule has 0 saturated heterocycles. The highest BCUT2D eigenvalue weighted by atomic mass is 16.2. The third-order valence-corrected chi connectivity index (χ3v) is 2.18. The summed E-state index contributed by atoms with van der Waals surface area (Å²) >= 11 is 0. The van der Waals surface area contributed by atoms with Gasteiger partial charge in [0, 0.05) is 0 Å². The molecule has 0 bridgehead atoms. The Bertz CT molecular complexity index is 207. The molecule has 0 aliphatic carbocycles. The van der Waals surface area contributed by atoms with Crippen LogP contribution in [0.25, 0.3) is 0 Å². The van der Waals surface area contributed by atoms with E-state index in [0.717, 1.165) is 19.4 Å². The smallest absolute Gasteiger partial charge is 0.234 e. The standard InChI is InChI=1S/C10H21N3O2/c1-8(14)9(13-10(15)7-11)5-3-4-6-12-2/h9,12H,3-7,11H2,1-2H3,(H,13,15). The van der Waals surface area contributed by atoms with Crippen LogP contribution in [-0.4, -0.2) is 37.9 Å². The maximum atomic E-state index is 11.2. The van der Waals surface area contributed by atoms with Crippen LogP contribution in [0.1, 0.15) is 26.2 Å². The lowest BCUT2D eigenvalue weighted by molar-refractivity contribution is -0.126. The fourth-order valence-corrected chi connectivity index (χ4v) is 1.28. The summed E-state index contributed by atoms with van der Waals surface area (Å²) in [6, 6.07) is -0.377. The lowest BCUT2D eigenvalue weighted by atomic mass is 10.1. The normalized spacial score (nSPS) is 12.2. The van der Waals surface area contributed by atoms with Crippen molar-refractivity contribution in [3.05, 3.63) is 0 Å². The summed E-state index contributed by atoms with van der Waals surface area (Å²) in [5.74, 6) is -0.287. The number of amides is 1. The summed E-state index contributed by atoms with van der Waals surface area (Å²) in [4.78, 5) is 22.2. The van der Waals surface area contributed by atoms with Crippen LogP contribution >= 0.6 is 0 Å². The van der Waals surface area contributed by atoms with Gasteiger partial charge >= 0.3 is 0 Å². The number of carbonyl (C=O) groups is 2. The molecule has 0 spiro atoms. The van der Waals surface area contributed by atoms with Gasteiger partial charge in [-0.05, 0) is 39.8 Å². The van der Waals surface area contributed by atoms with E-state index < -0.39 is 0 Å². The second kappa shape index (κ2) is 8.38. The van der Waals surface area contributed by atoms with Gasteiger partial charge in [0.15, 0.2) is 5.78 Å². The Morgan fingerprint density at radius 2 is 2.00 bits per heavy atom. The van der Waals surface area contributed by atoms with Crippen molar-refractivity contribution in [1.82, 2.24) is 10.6 Å². The molecule has 0 aromatic rings. The molecule has 88 valence electrons. The van der Waals surface area contributed by atoms with Crippen LogP contribution in [0.5, 0.6) is 0 Å². The SMILES string of the molecule is CNCCCCC(NC(=O)CN)C(C)=O. The Kier molecular flexibility index (Phi) is 7.85. The van der Waals surface area contributed by atoms with Crippen LogP contribution in [0.4, 0.5) is 0 Å². The first kappa shape index (κ1) is 14.1. The quantitative estimate of drug-likeness (QED) is 0.472. The van der Waals surface area contributed by atoms with E-state index in [0.29, 0.717) is 6.42 Å². The molecule has 0 radical (unpaired) electrons. The summed E-state index contributed by atoms with van der Waals surface area (Å²) in [6.45, 7) is 2.34. The Morgan fingerprint density at radius 1 is 1.33 bits per heavy atom. The number of Topliss-reactive ketones (excluding diaryl/α,β-unsaturated/α-hetero) is 1. The number of nitrogens with two attached hydrogens (primary N) is 1. The maximum Gasteiger partial charge on any atom is 0.234 e. The minimum absolute atomic E-state index is 0.0127. The van der Waals surface area contributed by atoms with Gasteiger partial charge in [0.25, 0.3) is 0 Å². The zero-order valence-corrected chi connectivity index (χ0v) is 9.51. The number of ketones is 1. The third-order valence-electron chi connectivity index (χ3n) is 2.18. The second-order valence-electron chi connectivity index (χ2n) is 3.53. The minimum Gasteiger partial charge on any atom is -0.345 e. The molecule has 0 rings (SSSR count). The highest BCUT2D eigenvalue weighted by Crippen LogP contribution is 2.01. The fraction of sp³-hybridized carbons (Fsp3) is 0.800. The Labute approximate surface area is 90.8 Å². The van der Waals surface area contributed by atoms with Gasteiger partial charge in [-0.3, -0.25) is 9.59 Å². The molecule has 15 heavy (non-hydrogen) atoms. The molecular weight excluding hydrogens is 194 g/mol. The molecule has 1 atom stereocenters. The summed E-state index contributed by atoms with van der Waals surface area (Å²) in [5.41, 5.74) is 5.16. The van der Waals surface area contributed by atoms with Crippen LogP contribution in [0.2, 0.25) is 0 Å². The molecule has 0 aliphatic rings. The first-order valence-corrected chi connectivity index (χ1v) is 5.26. The average Bonchev–Trinajstić information content (AvgIpc) is 2.21. The number of hydrogen-bond donors (Lipinski definition) is 3. The lowest BCUT2D eigenvalue weighted by Gasteiger charge is -2.15. The van der Waals surface area contributed by atoms with Crippen molar-refractivity contribution in [2.24, 2.45) is 5.73 Å². The first-order chi connectivity index (χ1) is 7.11. The zero-order valence-electron chi connectivity index (χ0n) is 9.51. The predicted molar refractivity (Wildman–Crippen MR) is 59.4 cm³/mol. The summed E-state index contributed by atoms with van der Waals surface area (Å²) < 4.78 is 0. The molecule has 0 aliphatic heterocycles. The Hall–Kier alpha value is -0.940. The highest BCUT2D eigenvalue weighted by molar-refractivity contribution is 5.87. The van der Waals surface area contributed by atoms with Crippen LogP contribution in [0.3, 0.4) is 0 Å². The third kappa shape index (κ3) is 7.04. The summed E-state index contributed by atoms with van der Waals surface area (Å²) in [6.07, 6.45) is 2.59. The average molecular weight is 215 g/mol. The van der Waals surface area contributed by atoms with Crippen molar-refractivity contribution in [1.29, 1.82) is 0 Å². The predicted octanol–water partition coefficient (Wildman–Crippen LogP) is -0.591. The van der Waals surface area contributed by atoms with E-state index in [4.69, 9.17) is 5.73 Å². The van der Waals surface area contributed by atoms with Crippen LogP contribution in [0.15, 0.2) is 0 Å². The number of hydrogen-bond acceptors (Lipinski definition) is 4. The Morgan fingerprint density at radius 3 is 2.47 bits per heavy atom. The molecule has 0 heterocycles. The second-order valence-corrected chi connectivity index (χ2v) is 3.53. The van der Waals surface area contributed by atoms with Crippen molar-refractivity contribution < 1.29 is 9.59 Å². The van der Waals surface area contributed by atoms with Crippen molar-refractivity contribution in [3.8, 4) is 0 Å². The van der Waals surface area contributed by atoms with Crippen molar-refractivity contribution in [2.75, 3.05) is 20.1 Å². The maximum absolute atomic E-state index is 11.2. The van der Waals surface area contributed by atoms with E-state index in [-0.39, 0.29) is 24.3 Å². The molecule has 0 fully saturated rings. The van der Waals surface area contributed by atoms with Crippen LogP contribution in [-0.2, 0) is 9.59 Å². The molecule has 1 amide bonds. The first-order valence-electron chi connectivity index (χ1n) is 5.26. The summed E-state index contributed by atoms with van der Waals surface area (Å²) in [7, 11) is 1.89. The van der Waals surface area contributed by atoms with Gasteiger partial charge in [-0.25, -0.2) is 0 Å². The number of unbranched alkanes of at least 4 members (excludes halogenated alkanes) is 1. The fourth-order valence-electron chi connectivity index (χ4n) is 1.28. The minimum atomic E-state index is -0.377.